The minimum absolute atomic E-state index is 0.00513. The Kier molecular flexibility index (Phi) is 4.52. The van der Waals surface area contributed by atoms with E-state index < -0.39 is 5.79 Å². The molecule has 2 bridgehead atoms. The molecule has 5 aliphatic rings. The first-order chi connectivity index (χ1) is 13.8. The van der Waals surface area contributed by atoms with Crippen LogP contribution >= 0.6 is 0 Å². The van der Waals surface area contributed by atoms with Crippen molar-refractivity contribution >= 4 is 5.97 Å². The molecule has 0 radical (unpaired) electrons. The fourth-order valence-electron chi connectivity index (χ4n) is 8.17. The van der Waals surface area contributed by atoms with Gasteiger partial charge in [0.2, 0.25) is 0 Å². The third-order valence-electron chi connectivity index (χ3n) is 9.59. The van der Waals surface area contributed by atoms with Gasteiger partial charge in [-0.15, -0.1) is 0 Å². The number of allylic oxidation sites excluding steroid dienone is 1. The van der Waals surface area contributed by atoms with Crippen molar-refractivity contribution in [3.05, 3.63) is 11.1 Å². The van der Waals surface area contributed by atoms with Crippen LogP contribution in [0.4, 0.5) is 0 Å². The van der Waals surface area contributed by atoms with Crippen molar-refractivity contribution in [1.29, 1.82) is 0 Å². The average Bonchev–Trinajstić information content (AvgIpc) is 3.23. The first-order valence-corrected chi connectivity index (χ1v) is 11.6. The van der Waals surface area contributed by atoms with E-state index in [1.54, 1.807) is 11.1 Å². The van der Waals surface area contributed by atoms with Crippen LogP contribution in [0.5, 0.6) is 0 Å². The van der Waals surface area contributed by atoms with E-state index >= 15 is 0 Å². The van der Waals surface area contributed by atoms with Gasteiger partial charge in [-0.05, 0) is 57.4 Å². The molecular formula is C24H37NO4. The van der Waals surface area contributed by atoms with Crippen LogP contribution in [0.15, 0.2) is 11.1 Å². The number of esters is 1. The lowest BCUT2D eigenvalue weighted by molar-refractivity contribution is -0.300. The highest BCUT2D eigenvalue weighted by molar-refractivity contribution is 5.75. The Bertz CT molecular complexity index is 735. The van der Waals surface area contributed by atoms with Crippen LogP contribution in [0.25, 0.3) is 0 Å². The number of carbonyl (C=O) groups excluding carboxylic acids is 1. The quantitative estimate of drug-likeness (QED) is 0.566. The average molecular weight is 404 g/mol. The zero-order chi connectivity index (χ0) is 20.6. The third kappa shape index (κ3) is 2.53. The van der Waals surface area contributed by atoms with E-state index in [1.165, 1.54) is 20.0 Å². The maximum Gasteiger partial charge on any atom is 0.309 e. The largest absolute Gasteiger partial charge is 0.469 e. The zero-order valence-electron chi connectivity index (χ0n) is 18.5. The van der Waals surface area contributed by atoms with E-state index in [0.29, 0.717) is 24.9 Å². The summed E-state index contributed by atoms with van der Waals surface area (Å²) in [6.07, 6.45) is 7.24. The topological polar surface area (TPSA) is 59.0 Å². The van der Waals surface area contributed by atoms with Crippen molar-refractivity contribution in [3.63, 3.8) is 0 Å². The van der Waals surface area contributed by atoms with Crippen LogP contribution < -0.4 is 0 Å². The first-order valence-electron chi connectivity index (χ1n) is 11.6. The lowest BCUT2D eigenvalue weighted by atomic mass is 9.50. The highest BCUT2D eigenvalue weighted by atomic mass is 16.6. The molecule has 0 unspecified atom stereocenters. The van der Waals surface area contributed by atoms with Crippen LogP contribution in [0.2, 0.25) is 0 Å². The molecule has 1 N–H and O–H groups in total. The standard InChI is InChI=1S/C24H37NO4/c1-15(2)24(27)10-9-22(14-29-24)17-7-5-16-6-8-18-19(21(26)28-4)11-23(22,20(16)18)13-25(3)12-17/h15,17-19,27H,5-14H2,1-4H3/t17-,18+,19+,22+,23-,24+/m0/s1. The van der Waals surface area contributed by atoms with Gasteiger partial charge in [0.05, 0.1) is 19.6 Å². The van der Waals surface area contributed by atoms with Crippen LogP contribution in [0.3, 0.4) is 0 Å². The van der Waals surface area contributed by atoms with Crippen LogP contribution in [-0.2, 0) is 14.3 Å². The number of aliphatic hydroxyl groups is 1. The molecule has 2 heterocycles. The van der Waals surface area contributed by atoms with Crippen LogP contribution in [0.1, 0.15) is 58.8 Å². The molecule has 162 valence electrons. The molecule has 2 saturated heterocycles. The SMILES string of the molecule is COC(=O)[C@@H]1C[C@]23CN(C)C[C@H](CCC4=C2[C@@H]1CC4)[C@]31CC[C@](O)(C(C)C)OC1. The Morgan fingerprint density at radius 3 is 2.69 bits per heavy atom. The summed E-state index contributed by atoms with van der Waals surface area (Å²) in [6, 6.07) is 0. The molecule has 5 heteroatoms. The summed E-state index contributed by atoms with van der Waals surface area (Å²) in [5.74, 6) is -0.0553. The molecule has 2 spiro atoms. The van der Waals surface area contributed by atoms with Crippen LogP contribution in [0, 0.1) is 34.5 Å². The predicted octanol–water partition coefficient (Wildman–Crippen LogP) is 3.37. The second-order valence-electron chi connectivity index (χ2n) is 11.0. The van der Waals surface area contributed by atoms with Crippen molar-refractivity contribution in [2.24, 2.45) is 34.5 Å². The smallest absolute Gasteiger partial charge is 0.309 e. The van der Waals surface area contributed by atoms with Gasteiger partial charge in [-0.1, -0.05) is 25.0 Å². The van der Waals surface area contributed by atoms with Gasteiger partial charge >= 0.3 is 5.97 Å². The molecule has 3 aliphatic carbocycles. The van der Waals surface area contributed by atoms with Gasteiger partial charge in [-0.25, -0.2) is 0 Å². The van der Waals surface area contributed by atoms with Gasteiger partial charge in [0.15, 0.2) is 5.79 Å². The molecule has 0 amide bonds. The second-order valence-corrected chi connectivity index (χ2v) is 11.0. The molecule has 5 nitrogen and oxygen atoms in total. The molecule has 3 fully saturated rings. The maximum atomic E-state index is 12.8. The minimum atomic E-state index is -1.01. The van der Waals surface area contributed by atoms with Crippen molar-refractivity contribution in [2.75, 3.05) is 33.9 Å². The Morgan fingerprint density at radius 2 is 2.03 bits per heavy atom. The number of ether oxygens (including phenoxy) is 2. The number of hydrogen-bond donors (Lipinski definition) is 1. The van der Waals surface area contributed by atoms with Crippen LogP contribution in [-0.4, -0.2) is 55.6 Å². The summed E-state index contributed by atoms with van der Waals surface area (Å²) in [5.41, 5.74) is 3.28. The monoisotopic (exact) mass is 403 g/mol. The fourth-order valence-corrected chi connectivity index (χ4v) is 8.17. The van der Waals surface area contributed by atoms with E-state index in [4.69, 9.17) is 9.47 Å². The maximum absolute atomic E-state index is 12.8. The number of nitrogens with zero attached hydrogens (tertiary/aromatic N) is 1. The summed E-state index contributed by atoms with van der Waals surface area (Å²) in [7, 11) is 3.78. The molecule has 0 aromatic rings. The predicted molar refractivity (Wildman–Crippen MR) is 110 cm³/mol. The number of piperidine rings is 1. The third-order valence-corrected chi connectivity index (χ3v) is 9.59. The van der Waals surface area contributed by atoms with E-state index in [1.807, 2.05) is 0 Å². The Balaban J connectivity index is 1.62. The van der Waals surface area contributed by atoms with Gasteiger partial charge in [0, 0.05) is 36.3 Å². The fraction of sp³-hybridized carbons (Fsp3) is 0.875. The van der Waals surface area contributed by atoms with Crippen molar-refractivity contribution in [1.82, 2.24) is 4.90 Å². The van der Waals surface area contributed by atoms with Crippen molar-refractivity contribution < 1.29 is 19.4 Å². The summed E-state index contributed by atoms with van der Waals surface area (Å²) < 4.78 is 11.6. The highest BCUT2D eigenvalue weighted by Crippen LogP contribution is 2.71. The van der Waals surface area contributed by atoms with E-state index in [0.717, 1.165) is 38.8 Å². The van der Waals surface area contributed by atoms with Gasteiger partial charge in [-0.2, -0.15) is 0 Å². The minimum Gasteiger partial charge on any atom is -0.469 e. The molecule has 0 aromatic carbocycles. The number of rotatable bonds is 2. The van der Waals surface area contributed by atoms with Gasteiger partial charge in [-0.3, -0.25) is 4.79 Å². The summed E-state index contributed by atoms with van der Waals surface area (Å²) >= 11 is 0. The summed E-state index contributed by atoms with van der Waals surface area (Å²) in [4.78, 5) is 15.3. The molecule has 29 heavy (non-hydrogen) atoms. The molecule has 6 atom stereocenters. The molecular weight excluding hydrogens is 366 g/mol. The summed E-state index contributed by atoms with van der Waals surface area (Å²) in [5, 5.41) is 11.1. The van der Waals surface area contributed by atoms with E-state index in [9.17, 15) is 9.90 Å². The second kappa shape index (κ2) is 6.54. The summed E-state index contributed by atoms with van der Waals surface area (Å²) in [6.45, 7) is 6.83. The van der Waals surface area contributed by atoms with E-state index in [-0.39, 0.29) is 28.6 Å². The van der Waals surface area contributed by atoms with Crippen molar-refractivity contribution in [3.8, 4) is 0 Å². The molecule has 1 saturated carbocycles. The van der Waals surface area contributed by atoms with Gasteiger partial charge < -0.3 is 19.5 Å². The highest BCUT2D eigenvalue weighted by Gasteiger charge is 2.69. The normalized spacial score (nSPS) is 46.9. The molecule has 2 aliphatic heterocycles. The Labute approximate surface area is 174 Å². The van der Waals surface area contributed by atoms with Gasteiger partial charge in [0.1, 0.15) is 0 Å². The lowest BCUT2D eigenvalue weighted by Gasteiger charge is -2.62. The first kappa shape index (κ1) is 20.0. The Hall–Kier alpha value is -0.910. The number of methoxy groups -OCH3 is 1. The van der Waals surface area contributed by atoms with Crippen molar-refractivity contribution in [2.45, 2.75) is 64.6 Å². The molecule has 5 rings (SSSR count). The number of likely N-dealkylation sites (tertiary alicyclic amines) is 1. The van der Waals surface area contributed by atoms with Gasteiger partial charge in [0.25, 0.3) is 0 Å². The lowest BCUT2D eigenvalue weighted by Crippen LogP contribution is -2.64. The number of carbonyl (C=O) groups is 1. The number of hydrogen-bond acceptors (Lipinski definition) is 5. The van der Waals surface area contributed by atoms with E-state index in [2.05, 4.69) is 25.8 Å². The molecule has 0 aromatic heterocycles. The Morgan fingerprint density at radius 1 is 1.28 bits per heavy atom. The zero-order valence-corrected chi connectivity index (χ0v) is 18.5.